The Hall–Kier alpha value is -1.26. The molecule has 1 nitrogen and oxygen atoms in total. The Kier molecular flexibility index (Phi) is 3.78. The fourth-order valence-electron chi connectivity index (χ4n) is 1.82. The number of aliphatic hydroxyl groups is 1. The van der Waals surface area contributed by atoms with Crippen molar-refractivity contribution >= 4 is 15.9 Å². The van der Waals surface area contributed by atoms with E-state index in [-0.39, 0.29) is 5.56 Å². The molecule has 1 unspecified atom stereocenters. The first-order chi connectivity index (χ1) is 8.47. The van der Waals surface area contributed by atoms with E-state index in [0.29, 0.717) is 5.56 Å². The normalized spacial score (nSPS) is 12.5. The molecule has 0 bridgehead atoms. The van der Waals surface area contributed by atoms with E-state index >= 15 is 0 Å². The molecule has 1 N–H and O–H groups in total. The molecule has 2 rings (SSSR count). The van der Waals surface area contributed by atoms with Gasteiger partial charge in [-0.15, -0.1) is 0 Å². The van der Waals surface area contributed by atoms with Crippen LogP contribution in [0.4, 0.5) is 8.78 Å². The van der Waals surface area contributed by atoms with Crippen molar-refractivity contribution in [3.8, 4) is 0 Å². The van der Waals surface area contributed by atoms with Crippen LogP contribution in [0.5, 0.6) is 0 Å². The Morgan fingerprint density at radius 3 is 2.28 bits per heavy atom. The molecule has 2 aromatic carbocycles. The van der Waals surface area contributed by atoms with E-state index in [4.69, 9.17) is 0 Å². The van der Waals surface area contributed by atoms with Gasteiger partial charge >= 0.3 is 0 Å². The SMILES string of the molecule is Cc1ccc(Br)cc1C(O)c1cc(F)cc(F)c1. The summed E-state index contributed by atoms with van der Waals surface area (Å²) in [5.41, 5.74) is 1.68. The van der Waals surface area contributed by atoms with Gasteiger partial charge in [0.05, 0.1) is 0 Å². The number of aliphatic hydroxyl groups excluding tert-OH is 1. The highest BCUT2D eigenvalue weighted by molar-refractivity contribution is 9.10. The zero-order valence-corrected chi connectivity index (χ0v) is 11.2. The fraction of sp³-hybridized carbons (Fsp3) is 0.143. The highest BCUT2D eigenvalue weighted by Gasteiger charge is 2.15. The quantitative estimate of drug-likeness (QED) is 0.884. The molecule has 18 heavy (non-hydrogen) atoms. The maximum Gasteiger partial charge on any atom is 0.126 e. The minimum absolute atomic E-state index is 0.203. The lowest BCUT2D eigenvalue weighted by Crippen LogP contribution is -2.03. The molecule has 2 aromatic rings. The molecule has 0 saturated heterocycles. The van der Waals surface area contributed by atoms with Crippen molar-refractivity contribution in [1.82, 2.24) is 0 Å². The third-order valence-electron chi connectivity index (χ3n) is 2.74. The number of rotatable bonds is 2. The number of halogens is 3. The van der Waals surface area contributed by atoms with E-state index in [0.717, 1.165) is 28.2 Å². The first-order valence-corrected chi connectivity index (χ1v) is 6.17. The number of hydrogen-bond acceptors (Lipinski definition) is 1. The molecule has 0 heterocycles. The van der Waals surface area contributed by atoms with Crippen LogP contribution < -0.4 is 0 Å². The monoisotopic (exact) mass is 312 g/mol. The van der Waals surface area contributed by atoms with Crippen molar-refractivity contribution in [2.45, 2.75) is 13.0 Å². The lowest BCUT2D eigenvalue weighted by Gasteiger charge is -2.15. The highest BCUT2D eigenvalue weighted by Crippen LogP contribution is 2.28. The Morgan fingerprint density at radius 1 is 1.06 bits per heavy atom. The average Bonchev–Trinajstić information content (AvgIpc) is 2.30. The number of aryl methyl sites for hydroxylation is 1. The third kappa shape index (κ3) is 2.76. The summed E-state index contributed by atoms with van der Waals surface area (Å²) >= 11 is 3.31. The van der Waals surface area contributed by atoms with Gasteiger partial charge in [-0.1, -0.05) is 22.0 Å². The number of benzene rings is 2. The van der Waals surface area contributed by atoms with Crippen LogP contribution >= 0.6 is 15.9 Å². The van der Waals surface area contributed by atoms with E-state index < -0.39 is 17.7 Å². The van der Waals surface area contributed by atoms with Crippen molar-refractivity contribution in [3.63, 3.8) is 0 Å². The van der Waals surface area contributed by atoms with Crippen LogP contribution in [0.2, 0.25) is 0 Å². The second-order valence-corrected chi connectivity index (χ2v) is 5.02. The molecular weight excluding hydrogens is 302 g/mol. The smallest absolute Gasteiger partial charge is 0.126 e. The topological polar surface area (TPSA) is 20.2 Å². The molecule has 0 aliphatic heterocycles. The predicted octanol–water partition coefficient (Wildman–Crippen LogP) is 4.12. The molecule has 0 fully saturated rings. The summed E-state index contributed by atoms with van der Waals surface area (Å²) in [7, 11) is 0. The largest absolute Gasteiger partial charge is 0.384 e. The van der Waals surface area contributed by atoms with Gasteiger partial charge in [0.15, 0.2) is 0 Å². The maximum absolute atomic E-state index is 13.1. The third-order valence-corrected chi connectivity index (χ3v) is 3.23. The van der Waals surface area contributed by atoms with Crippen LogP contribution in [0.1, 0.15) is 22.8 Å². The summed E-state index contributed by atoms with van der Waals surface area (Å²) in [6.07, 6.45) is -1.05. The lowest BCUT2D eigenvalue weighted by atomic mass is 9.97. The second kappa shape index (κ2) is 5.16. The van der Waals surface area contributed by atoms with Crippen molar-refractivity contribution in [2.75, 3.05) is 0 Å². The van der Waals surface area contributed by atoms with Gasteiger partial charge < -0.3 is 5.11 Å². The van der Waals surface area contributed by atoms with Crippen LogP contribution in [0.25, 0.3) is 0 Å². The molecule has 1 atom stereocenters. The Morgan fingerprint density at radius 2 is 1.67 bits per heavy atom. The van der Waals surface area contributed by atoms with Gasteiger partial charge in [-0.05, 0) is 47.9 Å². The van der Waals surface area contributed by atoms with Crippen LogP contribution in [0, 0.1) is 18.6 Å². The van der Waals surface area contributed by atoms with E-state index in [2.05, 4.69) is 15.9 Å². The standard InChI is InChI=1S/C14H11BrF2O/c1-8-2-3-10(15)6-13(8)14(18)9-4-11(16)7-12(17)5-9/h2-7,14,18H,1H3. The molecule has 0 aromatic heterocycles. The van der Waals surface area contributed by atoms with Crippen LogP contribution in [-0.2, 0) is 0 Å². The van der Waals surface area contributed by atoms with Crippen molar-refractivity contribution in [2.24, 2.45) is 0 Å². The molecule has 0 spiro atoms. The average molecular weight is 313 g/mol. The van der Waals surface area contributed by atoms with E-state index in [1.54, 1.807) is 6.07 Å². The molecule has 94 valence electrons. The van der Waals surface area contributed by atoms with Gasteiger partial charge in [0.25, 0.3) is 0 Å². The summed E-state index contributed by atoms with van der Waals surface area (Å²) in [4.78, 5) is 0. The summed E-state index contributed by atoms with van der Waals surface area (Å²) in [5, 5.41) is 10.2. The molecule has 0 aliphatic carbocycles. The molecular formula is C14H11BrF2O. The zero-order valence-electron chi connectivity index (χ0n) is 9.62. The fourth-order valence-corrected chi connectivity index (χ4v) is 2.20. The summed E-state index contributed by atoms with van der Waals surface area (Å²) in [6.45, 7) is 1.83. The molecule has 0 aliphatic rings. The van der Waals surface area contributed by atoms with Crippen LogP contribution in [0.15, 0.2) is 40.9 Å². The summed E-state index contributed by atoms with van der Waals surface area (Å²) < 4.78 is 27.1. The second-order valence-electron chi connectivity index (χ2n) is 4.11. The predicted molar refractivity (Wildman–Crippen MR) is 69.3 cm³/mol. The summed E-state index contributed by atoms with van der Waals surface area (Å²) in [5.74, 6) is -1.40. The zero-order chi connectivity index (χ0) is 13.3. The maximum atomic E-state index is 13.1. The van der Waals surface area contributed by atoms with Gasteiger partial charge in [-0.3, -0.25) is 0 Å². The first kappa shape index (κ1) is 13.2. The van der Waals surface area contributed by atoms with Gasteiger partial charge in [-0.25, -0.2) is 8.78 Å². The molecule has 4 heteroatoms. The van der Waals surface area contributed by atoms with Crippen LogP contribution in [0.3, 0.4) is 0 Å². The summed E-state index contributed by atoms with van der Waals surface area (Å²) in [6, 6.07) is 8.46. The van der Waals surface area contributed by atoms with Crippen molar-refractivity contribution in [3.05, 3.63) is 69.2 Å². The van der Waals surface area contributed by atoms with Gasteiger partial charge in [0, 0.05) is 10.5 Å². The molecule has 0 amide bonds. The van der Waals surface area contributed by atoms with E-state index in [9.17, 15) is 13.9 Å². The molecule has 0 saturated carbocycles. The number of hydrogen-bond donors (Lipinski definition) is 1. The van der Waals surface area contributed by atoms with Gasteiger partial charge in [-0.2, -0.15) is 0 Å². The highest BCUT2D eigenvalue weighted by atomic mass is 79.9. The van der Waals surface area contributed by atoms with E-state index in [1.807, 2.05) is 19.1 Å². The van der Waals surface area contributed by atoms with Gasteiger partial charge in [0.1, 0.15) is 17.7 Å². The molecule has 0 radical (unpaired) electrons. The van der Waals surface area contributed by atoms with Crippen LogP contribution in [-0.4, -0.2) is 5.11 Å². The Bertz CT molecular complexity index is 564. The van der Waals surface area contributed by atoms with Crippen molar-refractivity contribution < 1.29 is 13.9 Å². The van der Waals surface area contributed by atoms with E-state index in [1.165, 1.54) is 0 Å². The minimum Gasteiger partial charge on any atom is -0.384 e. The Labute approximate surface area is 112 Å². The lowest BCUT2D eigenvalue weighted by molar-refractivity contribution is 0.218. The Balaban J connectivity index is 2.47. The first-order valence-electron chi connectivity index (χ1n) is 5.37. The van der Waals surface area contributed by atoms with Crippen molar-refractivity contribution in [1.29, 1.82) is 0 Å². The minimum atomic E-state index is -1.05. The van der Waals surface area contributed by atoms with Gasteiger partial charge in [0.2, 0.25) is 0 Å².